The lowest BCUT2D eigenvalue weighted by molar-refractivity contribution is -0.134. The van der Waals surface area contributed by atoms with Gasteiger partial charge in [0.05, 0.1) is 5.69 Å². The van der Waals surface area contributed by atoms with Gasteiger partial charge in [0.15, 0.2) is 5.13 Å². The highest BCUT2D eigenvalue weighted by Crippen LogP contribution is 2.37. The van der Waals surface area contributed by atoms with E-state index >= 15 is 0 Å². The van der Waals surface area contributed by atoms with E-state index in [0.29, 0.717) is 11.3 Å². The zero-order chi connectivity index (χ0) is 11.6. The zero-order valence-electron chi connectivity index (χ0n) is 7.68. The Morgan fingerprint density at radius 2 is 2.20 bits per heavy atom. The third-order valence-electron chi connectivity index (χ3n) is 1.47. The van der Waals surface area contributed by atoms with Gasteiger partial charge < -0.3 is 0 Å². The second-order valence-electron chi connectivity index (χ2n) is 2.62. The van der Waals surface area contributed by atoms with E-state index in [4.69, 9.17) is 0 Å². The fraction of sp³-hybridized carbons (Fsp3) is 0.250. The number of aromatic nitrogens is 1. The highest BCUT2D eigenvalue weighted by atomic mass is 32.1. The lowest BCUT2D eigenvalue weighted by atomic mass is 10.4. The van der Waals surface area contributed by atoms with Crippen molar-refractivity contribution in [1.29, 1.82) is 0 Å². The van der Waals surface area contributed by atoms with Crippen molar-refractivity contribution >= 4 is 22.4 Å². The van der Waals surface area contributed by atoms with E-state index in [9.17, 15) is 18.0 Å². The summed E-state index contributed by atoms with van der Waals surface area (Å²) in [5.41, 5.74) is -0.146. The molecule has 82 valence electrons. The predicted molar refractivity (Wildman–Crippen MR) is 50.7 cm³/mol. The molecule has 3 nitrogen and oxygen atoms in total. The Labute approximate surface area is 87.6 Å². The van der Waals surface area contributed by atoms with Crippen molar-refractivity contribution in [2.24, 2.45) is 0 Å². The molecule has 0 unspecified atom stereocenters. The molecule has 0 saturated heterocycles. The third kappa shape index (κ3) is 2.79. The molecule has 0 atom stereocenters. The number of halogens is 3. The van der Waals surface area contributed by atoms with Gasteiger partial charge in [-0.15, -0.1) is 0 Å². The highest BCUT2D eigenvalue weighted by Gasteiger charge is 2.35. The minimum absolute atomic E-state index is 0.0790. The fourth-order valence-electron chi connectivity index (χ4n) is 0.869. The van der Waals surface area contributed by atoms with Crippen LogP contribution in [0.3, 0.4) is 0 Å². The number of nitrogens with one attached hydrogen (secondary N) is 1. The first-order valence-electron chi connectivity index (χ1n) is 3.82. The molecule has 0 fully saturated rings. The molecule has 0 aliphatic carbocycles. The molecular formula is C8H7F3N2OS. The number of thiazole rings is 1. The Morgan fingerprint density at radius 3 is 2.60 bits per heavy atom. The molecule has 1 N–H and O–H groups in total. The van der Waals surface area contributed by atoms with Gasteiger partial charge in [0.1, 0.15) is 4.88 Å². The summed E-state index contributed by atoms with van der Waals surface area (Å²) in [5.74, 6) is -0.586. The maximum atomic E-state index is 12.3. The van der Waals surface area contributed by atoms with E-state index in [2.05, 4.69) is 16.9 Å². The van der Waals surface area contributed by atoms with Gasteiger partial charge in [-0.3, -0.25) is 10.1 Å². The molecule has 0 aliphatic rings. The number of hydrogen-bond donors (Lipinski definition) is 1. The lowest BCUT2D eigenvalue weighted by Crippen LogP contribution is -2.06. The number of aryl methyl sites for hydroxylation is 1. The van der Waals surface area contributed by atoms with Crippen LogP contribution in [0.5, 0.6) is 0 Å². The Hall–Kier alpha value is -1.37. The second-order valence-corrected chi connectivity index (χ2v) is 3.62. The fourth-order valence-corrected chi connectivity index (χ4v) is 1.71. The molecule has 7 heteroatoms. The Bertz CT molecular complexity index is 397. The largest absolute Gasteiger partial charge is 0.427 e. The Balaban J connectivity index is 2.96. The van der Waals surface area contributed by atoms with Crippen molar-refractivity contribution in [1.82, 2.24) is 4.98 Å². The smallest absolute Gasteiger partial charge is 0.298 e. The molecule has 1 aromatic rings. The highest BCUT2D eigenvalue weighted by molar-refractivity contribution is 7.16. The van der Waals surface area contributed by atoms with Crippen molar-refractivity contribution in [2.75, 3.05) is 5.32 Å². The van der Waals surface area contributed by atoms with Crippen LogP contribution < -0.4 is 5.32 Å². The van der Waals surface area contributed by atoms with Crippen molar-refractivity contribution < 1.29 is 18.0 Å². The number of rotatable bonds is 2. The summed E-state index contributed by atoms with van der Waals surface area (Å²) < 4.78 is 37.0. The van der Waals surface area contributed by atoms with Gasteiger partial charge >= 0.3 is 6.18 Å². The molecule has 0 aliphatic heterocycles. The molecule has 15 heavy (non-hydrogen) atoms. The average molecular weight is 236 g/mol. The van der Waals surface area contributed by atoms with Crippen LogP contribution in [-0.4, -0.2) is 10.9 Å². The topological polar surface area (TPSA) is 42.0 Å². The van der Waals surface area contributed by atoms with E-state index in [0.717, 1.165) is 6.08 Å². The SMILES string of the molecule is C=CC(=O)Nc1nc(C)c(C(F)(F)F)s1. The number of anilines is 1. The maximum Gasteiger partial charge on any atom is 0.427 e. The number of hydrogen-bond acceptors (Lipinski definition) is 3. The Kier molecular flexibility index (Phi) is 3.13. The summed E-state index contributed by atoms with van der Waals surface area (Å²) in [7, 11) is 0. The second kappa shape index (κ2) is 4.01. The number of nitrogens with zero attached hydrogens (tertiary/aromatic N) is 1. The maximum absolute atomic E-state index is 12.3. The van der Waals surface area contributed by atoms with Crippen LogP contribution in [0.15, 0.2) is 12.7 Å². The number of amides is 1. The van der Waals surface area contributed by atoms with E-state index in [1.54, 1.807) is 0 Å². The molecule has 0 spiro atoms. The van der Waals surface area contributed by atoms with Crippen LogP contribution in [0.4, 0.5) is 18.3 Å². The van der Waals surface area contributed by atoms with Crippen LogP contribution in [0.2, 0.25) is 0 Å². The Morgan fingerprint density at radius 1 is 1.60 bits per heavy atom. The van der Waals surface area contributed by atoms with E-state index in [1.165, 1.54) is 6.92 Å². The summed E-state index contributed by atoms with van der Waals surface area (Å²) in [4.78, 5) is 13.6. The van der Waals surface area contributed by atoms with Gasteiger partial charge in [0.2, 0.25) is 5.91 Å². The molecule has 1 heterocycles. The van der Waals surface area contributed by atoms with Gasteiger partial charge in [0.25, 0.3) is 0 Å². The van der Waals surface area contributed by atoms with E-state index in [1.807, 2.05) is 0 Å². The summed E-state index contributed by atoms with van der Waals surface area (Å²) in [6.45, 7) is 4.42. The van der Waals surface area contributed by atoms with Crippen molar-refractivity contribution in [2.45, 2.75) is 13.1 Å². The minimum Gasteiger partial charge on any atom is -0.298 e. The van der Waals surface area contributed by atoms with Crippen LogP contribution in [0.25, 0.3) is 0 Å². The third-order valence-corrected chi connectivity index (χ3v) is 2.59. The standard InChI is InChI=1S/C8H7F3N2OS/c1-3-5(14)13-7-12-4(2)6(15-7)8(9,10)11/h3H,1H2,2H3,(H,12,13,14). The summed E-state index contributed by atoms with van der Waals surface area (Å²) in [6, 6.07) is 0. The van der Waals surface area contributed by atoms with Crippen molar-refractivity contribution in [3.8, 4) is 0 Å². The average Bonchev–Trinajstić information content (AvgIpc) is 2.45. The molecule has 1 amide bonds. The molecule has 1 aromatic heterocycles. The van der Waals surface area contributed by atoms with E-state index < -0.39 is 17.0 Å². The first-order valence-corrected chi connectivity index (χ1v) is 4.64. The summed E-state index contributed by atoms with van der Waals surface area (Å²) >= 11 is 0.394. The van der Waals surface area contributed by atoms with Crippen LogP contribution in [-0.2, 0) is 11.0 Å². The van der Waals surface area contributed by atoms with Crippen molar-refractivity contribution in [3.63, 3.8) is 0 Å². The number of carbonyl (C=O) groups excluding carboxylic acids is 1. The van der Waals surface area contributed by atoms with Crippen LogP contribution in [0.1, 0.15) is 10.6 Å². The first-order chi connectivity index (χ1) is 6.84. The predicted octanol–water partition coefficient (Wildman–Crippen LogP) is 2.59. The van der Waals surface area contributed by atoms with Gasteiger partial charge in [0, 0.05) is 0 Å². The monoisotopic (exact) mass is 236 g/mol. The van der Waals surface area contributed by atoms with Gasteiger partial charge in [-0.2, -0.15) is 13.2 Å². The lowest BCUT2D eigenvalue weighted by Gasteiger charge is -2.01. The van der Waals surface area contributed by atoms with Crippen LogP contribution in [0, 0.1) is 6.92 Å². The van der Waals surface area contributed by atoms with Gasteiger partial charge in [-0.1, -0.05) is 17.9 Å². The molecule has 0 saturated carbocycles. The normalized spacial score (nSPS) is 11.2. The minimum atomic E-state index is -4.43. The zero-order valence-corrected chi connectivity index (χ0v) is 8.50. The van der Waals surface area contributed by atoms with Crippen molar-refractivity contribution in [3.05, 3.63) is 23.2 Å². The summed E-state index contributed by atoms with van der Waals surface area (Å²) in [6.07, 6.45) is -3.47. The van der Waals surface area contributed by atoms with Gasteiger partial charge in [-0.05, 0) is 13.0 Å². The van der Waals surface area contributed by atoms with E-state index in [-0.39, 0.29) is 10.8 Å². The first kappa shape index (κ1) is 11.7. The van der Waals surface area contributed by atoms with Gasteiger partial charge in [-0.25, -0.2) is 4.98 Å². The molecule has 0 bridgehead atoms. The molecule has 0 aromatic carbocycles. The molecule has 0 radical (unpaired) electrons. The molecular weight excluding hydrogens is 229 g/mol. The number of carbonyl (C=O) groups is 1. The summed E-state index contributed by atoms with van der Waals surface area (Å²) in [5, 5.41) is 2.10. The molecule has 1 rings (SSSR count). The van der Waals surface area contributed by atoms with Crippen LogP contribution >= 0.6 is 11.3 Å². The number of alkyl halides is 3. The quantitative estimate of drug-likeness (QED) is 0.802.